The highest BCUT2D eigenvalue weighted by Crippen LogP contribution is 2.34. The van der Waals surface area contributed by atoms with Crippen LogP contribution in [0.25, 0.3) is 0 Å². The normalized spacial score (nSPS) is 15.8. The maximum Gasteiger partial charge on any atom is 0.296 e. The second-order valence-electron chi connectivity index (χ2n) is 3.67. The molecule has 1 heterocycles. The zero-order chi connectivity index (χ0) is 11.7. The fraction of sp³-hybridized carbons (Fsp3) is 0.400. The minimum absolute atomic E-state index is 0.00579. The van der Waals surface area contributed by atoms with E-state index in [2.05, 4.69) is 0 Å². The van der Waals surface area contributed by atoms with Gasteiger partial charge in [0.2, 0.25) is 0 Å². The van der Waals surface area contributed by atoms with E-state index in [0.717, 1.165) is 0 Å². The van der Waals surface area contributed by atoms with Crippen LogP contribution in [0.1, 0.15) is 0 Å². The number of aliphatic hydroxyl groups excluding tert-OH is 1. The average Bonchev–Trinajstić information content (AvgIpc) is 2.24. The van der Waals surface area contributed by atoms with Crippen LogP contribution in [0.15, 0.2) is 18.2 Å². The van der Waals surface area contributed by atoms with Crippen molar-refractivity contribution in [3.05, 3.63) is 28.3 Å². The lowest BCUT2D eigenvalue weighted by Gasteiger charge is -2.37. The summed E-state index contributed by atoms with van der Waals surface area (Å²) in [5.41, 5.74) is 0.530. The van der Waals surface area contributed by atoms with E-state index < -0.39 is 4.92 Å². The van der Waals surface area contributed by atoms with Gasteiger partial charge in [-0.15, -0.1) is 0 Å². The third-order valence-corrected chi connectivity index (χ3v) is 2.58. The minimum atomic E-state index is -0.442. The number of nitro benzene ring substituents is 1. The van der Waals surface area contributed by atoms with Crippen molar-refractivity contribution in [1.82, 2.24) is 0 Å². The monoisotopic (exact) mass is 224 g/mol. The van der Waals surface area contributed by atoms with Crippen LogP contribution in [-0.4, -0.2) is 36.3 Å². The summed E-state index contributed by atoms with van der Waals surface area (Å²) in [6.07, 6.45) is -0.387. The number of hydrogen-bond acceptors (Lipinski definition) is 5. The highest BCUT2D eigenvalue weighted by molar-refractivity contribution is 5.66. The van der Waals surface area contributed by atoms with Gasteiger partial charge in [0.05, 0.1) is 24.2 Å². The van der Waals surface area contributed by atoms with E-state index in [1.807, 2.05) is 0 Å². The van der Waals surface area contributed by atoms with Crippen LogP contribution in [0, 0.1) is 10.1 Å². The van der Waals surface area contributed by atoms with Gasteiger partial charge in [0.1, 0.15) is 11.4 Å². The van der Waals surface area contributed by atoms with Gasteiger partial charge in [-0.05, 0) is 12.1 Å². The van der Waals surface area contributed by atoms with Crippen LogP contribution in [0.4, 0.5) is 11.4 Å². The summed E-state index contributed by atoms with van der Waals surface area (Å²) >= 11 is 0. The molecule has 1 aromatic rings. The Hall–Kier alpha value is -1.82. The molecular weight excluding hydrogens is 212 g/mol. The van der Waals surface area contributed by atoms with Crippen molar-refractivity contribution in [2.75, 3.05) is 25.1 Å². The Bertz CT molecular complexity index is 415. The number of nitro groups is 1. The number of anilines is 1. The zero-order valence-electron chi connectivity index (χ0n) is 8.79. The van der Waals surface area contributed by atoms with Gasteiger partial charge in [0.25, 0.3) is 5.69 Å². The molecule has 0 amide bonds. The highest BCUT2D eigenvalue weighted by Gasteiger charge is 2.30. The largest absolute Gasteiger partial charge is 0.496 e. The Morgan fingerprint density at radius 2 is 2.25 bits per heavy atom. The maximum atomic E-state index is 10.9. The number of ether oxygens (including phenoxy) is 1. The Kier molecular flexibility index (Phi) is 2.66. The molecule has 0 spiro atoms. The van der Waals surface area contributed by atoms with Gasteiger partial charge >= 0.3 is 0 Å². The summed E-state index contributed by atoms with van der Waals surface area (Å²) < 4.78 is 4.94. The summed E-state index contributed by atoms with van der Waals surface area (Å²) in [5.74, 6) is 0.455. The van der Waals surface area contributed by atoms with Crippen LogP contribution in [0.3, 0.4) is 0 Å². The molecule has 0 aromatic heterocycles. The second kappa shape index (κ2) is 3.97. The van der Waals surface area contributed by atoms with Crippen molar-refractivity contribution in [1.29, 1.82) is 0 Å². The van der Waals surface area contributed by atoms with Gasteiger partial charge in [0, 0.05) is 13.1 Å². The topological polar surface area (TPSA) is 75.8 Å². The fourth-order valence-corrected chi connectivity index (χ4v) is 1.70. The average molecular weight is 224 g/mol. The van der Waals surface area contributed by atoms with E-state index in [0.29, 0.717) is 24.5 Å². The molecule has 0 saturated carbocycles. The lowest BCUT2D eigenvalue weighted by molar-refractivity contribution is -0.384. The number of nitrogens with zero attached hydrogens (tertiary/aromatic N) is 2. The van der Waals surface area contributed by atoms with Gasteiger partial charge in [-0.3, -0.25) is 10.1 Å². The first kappa shape index (κ1) is 10.7. The number of rotatable bonds is 3. The molecule has 1 aliphatic heterocycles. The Labute approximate surface area is 92.2 Å². The lowest BCUT2D eigenvalue weighted by atomic mass is 10.1. The first-order chi connectivity index (χ1) is 7.61. The van der Waals surface area contributed by atoms with Crippen LogP contribution in [0.2, 0.25) is 0 Å². The first-order valence-electron chi connectivity index (χ1n) is 4.87. The lowest BCUT2D eigenvalue weighted by Crippen LogP contribution is -2.51. The fourth-order valence-electron chi connectivity index (χ4n) is 1.70. The molecule has 1 N–H and O–H groups in total. The van der Waals surface area contributed by atoms with Crippen molar-refractivity contribution < 1.29 is 14.8 Å². The van der Waals surface area contributed by atoms with Crippen molar-refractivity contribution in [2.24, 2.45) is 0 Å². The van der Waals surface area contributed by atoms with E-state index in [1.165, 1.54) is 13.2 Å². The number of hydrogen-bond donors (Lipinski definition) is 1. The number of benzene rings is 1. The highest BCUT2D eigenvalue weighted by atomic mass is 16.6. The maximum absolute atomic E-state index is 10.9. The molecule has 1 fully saturated rings. The molecule has 0 aliphatic carbocycles. The molecule has 1 saturated heterocycles. The molecular formula is C10H12N2O4. The van der Waals surface area contributed by atoms with E-state index >= 15 is 0 Å². The van der Waals surface area contributed by atoms with Gasteiger partial charge in [-0.25, -0.2) is 0 Å². The summed E-state index contributed by atoms with van der Waals surface area (Å²) in [5, 5.41) is 20.1. The minimum Gasteiger partial charge on any atom is -0.496 e. The van der Waals surface area contributed by atoms with Crippen LogP contribution >= 0.6 is 0 Å². The molecule has 0 radical (unpaired) electrons. The van der Waals surface area contributed by atoms with E-state index in [1.54, 1.807) is 17.0 Å². The van der Waals surface area contributed by atoms with Crippen LogP contribution < -0.4 is 9.64 Å². The van der Waals surface area contributed by atoms with Gasteiger partial charge in [-0.2, -0.15) is 0 Å². The molecule has 6 heteroatoms. The SMILES string of the molecule is COc1ccc(N2CC(O)C2)c([N+](=O)[O-])c1. The third-order valence-electron chi connectivity index (χ3n) is 2.58. The molecule has 2 rings (SSSR count). The molecule has 0 bridgehead atoms. The molecule has 16 heavy (non-hydrogen) atoms. The van der Waals surface area contributed by atoms with Crippen molar-refractivity contribution in [2.45, 2.75) is 6.10 Å². The summed E-state index contributed by atoms with van der Waals surface area (Å²) in [6, 6.07) is 4.70. The quantitative estimate of drug-likeness (QED) is 0.606. The Balaban J connectivity index is 2.33. The standard InChI is InChI=1S/C10H12N2O4/c1-16-8-2-3-9(10(4-8)12(14)15)11-5-7(13)6-11/h2-4,7,13H,5-6H2,1H3. The number of β-amino-alcohol motifs (C(OH)–C–C–N with tert-alkyl or cyclic N) is 1. The van der Waals surface area contributed by atoms with Gasteiger partial charge in [0.15, 0.2) is 0 Å². The summed E-state index contributed by atoms with van der Waals surface area (Å²) in [6.45, 7) is 0.875. The van der Waals surface area contributed by atoms with E-state index in [-0.39, 0.29) is 11.8 Å². The van der Waals surface area contributed by atoms with Gasteiger partial charge in [-0.1, -0.05) is 0 Å². The van der Waals surface area contributed by atoms with Crippen LogP contribution in [-0.2, 0) is 0 Å². The van der Waals surface area contributed by atoms with Crippen molar-refractivity contribution >= 4 is 11.4 Å². The summed E-state index contributed by atoms with van der Waals surface area (Å²) in [4.78, 5) is 12.2. The first-order valence-corrected chi connectivity index (χ1v) is 4.87. The number of aliphatic hydroxyl groups is 1. The zero-order valence-corrected chi connectivity index (χ0v) is 8.79. The Morgan fingerprint density at radius 1 is 1.56 bits per heavy atom. The molecule has 0 unspecified atom stereocenters. The van der Waals surface area contributed by atoms with Crippen LogP contribution in [0.5, 0.6) is 5.75 Å². The molecule has 1 aliphatic rings. The molecule has 6 nitrogen and oxygen atoms in total. The molecule has 1 aromatic carbocycles. The van der Waals surface area contributed by atoms with E-state index in [4.69, 9.17) is 4.74 Å². The molecule has 0 atom stereocenters. The predicted octanol–water partition coefficient (Wildman–Crippen LogP) is 0.784. The van der Waals surface area contributed by atoms with E-state index in [9.17, 15) is 15.2 Å². The Morgan fingerprint density at radius 3 is 2.75 bits per heavy atom. The molecule has 86 valence electrons. The predicted molar refractivity (Wildman–Crippen MR) is 57.9 cm³/mol. The smallest absolute Gasteiger partial charge is 0.296 e. The third kappa shape index (κ3) is 1.79. The number of methoxy groups -OCH3 is 1. The van der Waals surface area contributed by atoms with Crippen molar-refractivity contribution in [3.63, 3.8) is 0 Å². The van der Waals surface area contributed by atoms with Gasteiger partial charge < -0.3 is 14.7 Å². The van der Waals surface area contributed by atoms with Crippen molar-refractivity contribution in [3.8, 4) is 5.75 Å². The second-order valence-corrected chi connectivity index (χ2v) is 3.67. The summed E-state index contributed by atoms with van der Waals surface area (Å²) in [7, 11) is 1.46.